The number of carbonyl (C=O) groups is 1. The highest BCUT2D eigenvalue weighted by Gasteiger charge is 2.17. The molecule has 0 atom stereocenters. The molecule has 0 spiro atoms. The number of hydrogen-bond donors (Lipinski definition) is 0. The fraction of sp³-hybridized carbons (Fsp3) is 0.0714. The van der Waals surface area contributed by atoms with Gasteiger partial charge in [-0.05, 0) is 35.0 Å². The fourth-order valence-electron chi connectivity index (χ4n) is 1.56. The lowest BCUT2D eigenvalue weighted by atomic mass is 10.0. The number of aryl methyl sites for hydroxylation is 1. The van der Waals surface area contributed by atoms with E-state index in [9.17, 15) is 13.6 Å². The highest BCUT2D eigenvalue weighted by atomic mass is 79.9. The number of rotatable bonds is 2. The molecule has 0 aliphatic carbocycles. The maximum atomic E-state index is 13.4. The molecule has 2 aromatic rings. The topological polar surface area (TPSA) is 17.1 Å². The first-order valence-electron chi connectivity index (χ1n) is 5.25. The number of carbonyl (C=O) groups excluding carboxylic acids is 1. The molecule has 0 aromatic heterocycles. The van der Waals surface area contributed by atoms with Gasteiger partial charge in [0.05, 0.1) is 4.47 Å². The summed E-state index contributed by atoms with van der Waals surface area (Å²) in [6.45, 7) is 1.90. The summed E-state index contributed by atoms with van der Waals surface area (Å²) >= 11 is 2.91. The van der Waals surface area contributed by atoms with Gasteiger partial charge in [-0.25, -0.2) is 8.78 Å². The van der Waals surface area contributed by atoms with E-state index in [1.165, 1.54) is 6.07 Å². The first-order valence-corrected chi connectivity index (χ1v) is 6.05. The molecule has 18 heavy (non-hydrogen) atoms. The molecular weight excluding hydrogens is 302 g/mol. The largest absolute Gasteiger partial charge is 0.289 e. The molecule has 0 saturated heterocycles. The third-order valence-corrected chi connectivity index (χ3v) is 3.37. The van der Waals surface area contributed by atoms with E-state index >= 15 is 0 Å². The Balaban J connectivity index is 2.46. The Labute approximate surface area is 112 Å². The highest BCUT2D eigenvalue weighted by molar-refractivity contribution is 9.10. The molecule has 0 heterocycles. The lowest BCUT2D eigenvalue weighted by Gasteiger charge is -2.05. The first kappa shape index (κ1) is 12.9. The van der Waals surface area contributed by atoms with Crippen molar-refractivity contribution in [3.63, 3.8) is 0 Å². The van der Waals surface area contributed by atoms with Gasteiger partial charge in [-0.2, -0.15) is 0 Å². The molecule has 0 aliphatic heterocycles. The summed E-state index contributed by atoms with van der Waals surface area (Å²) in [7, 11) is 0. The van der Waals surface area contributed by atoms with Gasteiger partial charge in [0, 0.05) is 11.1 Å². The Bertz CT molecular complexity index is 606. The molecule has 1 nitrogen and oxygen atoms in total. The van der Waals surface area contributed by atoms with Gasteiger partial charge in [0.2, 0.25) is 0 Å². The van der Waals surface area contributed by atoms with Crippen LogP contribution in [0.3, 0.4) is 0 Å². The van der Waals surface area contributed by atoms with Crippen molar-refractivity contribution >= 4 is 21.7 Å². The zero-order chi connectivity index (χ0) is 13.3. The minimum absolute atomic E-state index is 0.109. The Morgan fingerprint density at radius 2 is 1.67 bits per heavy atom. The van der Waals surface area contributed by atoms with Crippen LogP contribution in [0.25, 0.3) is 0 Å². The number of benzene rings is 2. The summed E-state index contributed by atoms with van der Waals surface area (Å²) in [5.41, 5.74) is 1.57. The van der Waals surface area contributed by atoms with Gasteiger partial charge in [0.25, 0.3) is 0 Å². The smallest absolute Gasteiger partial charge is 0.194 e. The standard InChI is InChI=1S/C14H9BrF2O/c1-8-2-4-9(5-3-8)14(18)10-6-7-11(16)13(17)12(10)15/h2-7H,1H3. The zero-order valence-corrected chi connectivity index (χ0v) is 11.1. The van der Waals surface area contributed by atoms with Gasteiger partial charge in [0.15, 0.2) is 17.4 Å². The van der Waals surface area contributed by atoms with Crippen LogP contribution in [0.15, 0.2) is 40.9 Å². The number of halogens is 3. The predicted molar refractivity (Wildman–Crippen MR) is 68.7 cm³/mol. The highest BCUT2D eigenvalue weighted by Crippen LogP contribution is 2.25. The van der Waals surface area contributed by atoms with Gasteiger partial charge < -0.3 is 0 Å². The van der Waals surface area contributed by atoms with Crippen molar-refractivity contribution in [1.82, 2.24) is 0 Å². The summed E-state index contributed by atoms with van der Waals surface area (Å²) in [4.78, 5) is 12.1. The van der Waals surface area contributed by atoms with Crippen LogP contribution < -0.4 is 0 Å². The molecule has 0 amide bonds. The Morgan fingerprint density at radius 1 is 1.06 bits per heavy atom. The maximum Gasteiger partial charge on any atom is 0.194 e. The van der Waals surface area contributed by atoms with E-state index in [0.29, 0.717) is 5.56 Å². The van der Waals surface area contributed by atoms with Crippen molar-refractivity contribution < 1.29 is 13.6 Å². The summed E-state index contributed by atoms with van der Waals surface area (Å²) in [5, 5.41) is 0. The third kappa shape index (κ3) is 2.34. The lowest BCUT2D eigenvalue weighted by molar-refractivity contribution is 0.103. The SMILES string of the molecule is Cc1ccc(C(=O)c2ccc(F)c(F)c2Br)cc1. The van der Waals surface area contributed by atoms with Crippen molar-refractivity contribution in [2.24, 2.45) is 0 Å². The van der Waals surface area contributed by atoms with Crippen LogP contribution in [-0.2, 0) is 0 Å². The van der Waals surface area contributed by atoms with Crippen molar-refractivity contribution in [3.05, 3.63) is 69.2 Å². The second kappa shape index (κ2) is 4.98. The van der Waals surface area contributed by atoms with E-state index in [-0.39, 0.29) is 15.8 Å². The van der Waals surface area contributed by atoms with Gasteiger partial charge in [-0.1, -0.05) is 29.8 Å². The molecule has 0 bridgehead atoms. The Hall–Kier alpha value is -1.55. The molecular formula is C14H9BrF2O. The van der Waals surface area contributed by atoms with E-state index < -0.39 is 11.6 Å². The minimum atomic E-state index is -1.05. The summed E-state index contributed by atoms with van der Waals surface area (Å²) in [6, 6.07) is 9.12. The van der Waals surface area contributed by atoms with Gasteiger partial charge in [0.1, 0.15) is 0 Å². The molecule has 0 fully saturated rings. The van der Waals surface area contributed by atoms with Gasteiger partial charge in [-0.3, -0.25) is 4.79 Å². The van der Waals surface area contributed by atoms with E-state index in [1.807, 2.05) is 6.92 Å². The second-order valence-corrected chi connectivity index (χ2v) is 4.71. The van der Waals surface area contributed by atoms with E-state index in [1.54, 1.807) is 24.3 Å². The molecule has 0 unspecified atom stereocenters. The summed E-state index contributed by atoms with van der Waals surface area (Å²) in [6.07, 6.45) is 0. The minimum Gasteiger partial charge on any atom is -0.289 e. The lowest BCUT2D eigenvalue weighted by Crippen LogP contribution is -2.04. The van der Waals surface area contributed by atoms with E-state index in [0.717, 1.165) is 11.6 Å². The predicted octanol–water partition coefficient (Wildman–Crippen LogP) is 4.27. The fourth-order valence-corrected chi connectivity index (χ4v) is 2.06. The summed E-state index contributed by atoms with van der Waals surface area (Å²) in [5.74, 6) is -2.38. The normalized spacial score (nSPS) is 10.4. The average Bonchev–Trinajstić information content (AvgIpc) is 2.36. The summed E-state index contributed by atoms with van der Waals surface area (Å²) < 4.78 is 26.2. The number of hydrogen-bond acceptors (Lipinski definition) is 1. The molecule has 2 rings (SSSR count). The molecule has 2 aromatic carbocycles. The van der Waals surface area contributed by atoms with E-state index in [2.05, 4.69) is 15.9 Å². The number of ketones is 1. The van der Waals surface area contributed by atoms with Crippen molar-refractivity contribution in [3.8, 4) is 0 Å². The quantitative estimate of drug-likeness (QED) is 0.598. The average molecular weight is 311 g/mol. The van der Waals surface area contributed by atoms with Gasteiger partial charge in [-0.15, -0.1) is 0 Å². The zero-order valence-electron chi connectivity index (χ0n) is 9.51. The Morgan fingerprint density at radius 3 is 2.28 bits per heavy atom. The first-order chi connectivity index (χ1) is 8.50. The van der Waals surface area contributed by atoms with Crippen LogP contribution in [0.4, 0.5) is 8.78 Å². The molecule has 0 radical (unpaired) electrons. The second-order valence-electron chi connectivity index (χ2n) is 3.92. The van der Waals surface area contributed by atoms with Crippen LogP contribution in [0.2, 0.25) is 0 Å². The third-order valence-electron chi connectivity index (χ3n) is 2.59. The van der Waals surface area contributed by atoms with Crippen molar-refractivity contribution in [1.29, 1.82) is 0 Å². The van der Waals surface area contributed by atoms with Gasteiger partial charge >= 0.3 is 0 Å². The van der Waals surface area contributed by atoms with Crippen LogP contribution >= 0.6 is 15.9 Å². The molecule has 0 saturated carbocycles. The van der Waals surface area contributed by atoms with Crippen LogP contribution in [0.5, 0.6) is 0 Å². The van der Waals surface area contributed by atoms with Crippen LogP contribution in [0.1, 0.15) is 21.5 Å². The molecule has 0 aliphatic rings. The van der Waals surface area contributed by atoms with Crippen molar-refractivity contribution in [2.45, 2.75) is 6.92 Å². The van der Waals surface area contributed by atoms with Crippen molar-refractivity contribution in [2.75, 3.05) is 0 Å². The Kier molecular flexibility index (Phi) is 3.57. The monoisotopic (exact) mass is 310 g/mol. The molecule has 0 N–H and O–H groups in total. The van der Waals surface area contributed by atoms with Crippen LogP contribution in [-0.4, -0.2) is 5.78 Å². The molecule has 92 valence electrons. The molecule has 4 heteroatoms. The maximum absolute atomic E-state index is 13.4. The van der Waals surface area contributed by atoms with Crippen LogP contribution in [0, 0.1) is 18.6 Å². The van der Waals surface area contributed by atoms with E-state index in [4.69, 9.17) is 0 Å².